The first-order valence-electron chi connectivity index (χ1n) is 11.4. The first-order valence-corrected chi connectivity index (χ1v) is 11.4. The molecule has 3 aromatic carbocycles. The van der Waals surface area contributed by atoms with Crippen LogP contribution in [0.3, 0.4) is 0 Å². The zero-order chi connectivity index (χ0) is 23.1. The average Bonchev–Trinajstić information content (AvgIpc) is 2.82. The number of amides is 1. The molecule has 5 rings (SSSR count). The van der Waals surface area contributed by atoms with E-state index in [1.165, 1.54) is 12.1 Å². The molecule has 0 fully saturated rings. The Labute approximate surface area is 193 Å². The molecule has 2 atom stereocenters. The van der Waals surface area contributed by atoms with E-state index in [0.29, 0.717) is 18.4 Å². The van der Waals surface area contributed by atoms with E-state index in [0.717, 1.165) is 33.6 Å². The van der Waals surface area contributed by atoms with E-state index in [-0.39, 0.29) is 35.8 Å². The van der Waals surface area contributed by atoms with Gasteiger partial charge in [-0.1, -0.05) is 54.6 Å². The predicted octanol–water partition coefficient (Wildman–Crippen LogP) is 6.36. The number of allylic oxidation sites excluding steroid dienone is 2. The van der Waals surface area contributed by atoms with Crippen LogP contribution in [0.4, 0.5) is 10.1 Å². The first-order chi connectivity index (χ1) is 15.9. The Morgan fingerprint density at radius 2 is 1.52 bits per heavy atom. The summed E-state index contributed by atoms with van der Waals surface area (Å²) in [5, 5.41) is 0. The Hall–Kier alpha value is -3.53. The lowest BCUT2D eigenvalue weighted by Gasteiger charge is -2.41. The number of Topliss-reactive ketones (excluding diaryl/α,β-unsaturated/α-hetero) is 1. The van der Waals surface area contributed by atoms with Crippen molar-refractivity contribution in [2.45, 2.75) is 44.9 Å². The SMILES string of the molecule is Cc1cccc(N2C(=O)CC(c3ccc(F)cc3)C3=C2CC(c2ccccc2)CC3=O)c1C. The molecule has 4 heteroatoms. The molecule has 1 heterocycles. The smallest absolute Gasteiger partial charge is 0.232 e. The summed E-state index contributed by atoms with van der Waals surface area (Å²) in [6, 6.07) is 22.2. The van der Waals surface area contributed by atoms with Crippen molar-refractivity contribution in [3.05, 3.63) is 112 Å². The fraction of sp³-hybridized carbons (Fsp3) is 0.241. The largest absolute Gasteiger partial charge is 0.294 e. The molecule has 2 aliphatic rings. The second-order valence-corrected chi connectivity index (χ2v) is 9.06. The summed E-state index contributed by atoms with van der Waals surface area (Å²) in [6.45, 7) is 4.05. The number of nitrogens with zero attached hydrogens (tertiary/aromatic N) is 1. The molecule has 0 radical (unpaired) electrons. The van der Waals surface area contributed by atoms with Gasteiger partial charge in [0.05, 0.1) is 5.69 Å². The highest BCUT2D eigenvalue weighted by Crippen LogP contribution is 2.47. The Morgan fingerprint density at radius 3 is 2.24 bits per heavy atom. The van der Waals surface area contributed by atoms with Gasteiger partial charge in [-0.05, 0) is 66.6 Å². The van der Waals surface area contributed by atoms with Gasteiger partial charge in [0.2, 0.25) is 5.91 Å². The number of ketones is 1. The molecular formula is C29H26FNO2. The monoisotopic (exact) mass is 439 g/mol. The van der Waals surface area contributed by atoms with Gasteiger partial charge in [0.15, 0.2) is 5.78 Å². The van der Waals surface area contributed by atoms with E-state index in [4.69, 9.17) is 0 Å². The number of carbonyl (C=O) groups excluding carboxylic acids is 2. The number of rotatable bonds is 3. The molecular weight excluding hydrogens is 413 g/mol. The fourth-order valence-corrected chi connectivity index (χ4v) is 5.23. The molecule has 0 N–H and O–H groups in total. The van der Waals surface area contributed by atoms with Crippen LogP contribution in [-0.4, -0.2) is 11.7 Å². The van der Waals surface area contributed by atoms with E-state index in [9.17, 15) is 14.0 Å². The zero-order valence-electron chi connectivity index (χ0n) is 18.8. The molecule has 3 nitrogen and oxygen atoms in total. The summed E-state index contributed by atoms with van der Waals surface area (Å²) >= 11 is 0. The van der Waals surface area contributed by atoms with Crippen molar-refractivity contribution < 1.29 is 14.0 Å². The molecule has 33 heavy (non-hydrogen) atoms. The number of benzene rings is 3. The van der Waals surface area contributed by atoms with E-state index < -0.39 is 0 Å². The highest BCUT2D eigenvalue weighted by atomic mass is 19.1. The van der Waals surface area contributed by atoms with Gasteiger partial charge in [0.25, 0.3) is 0 Å². The van der Waals surface area contributed by atoms with Crippen molar-refractivity contribution in [2.75, 3.05) is 4.90 Å². The van der Waals surface area contributed by atoms with Gasteiger partial charge >= 0.3 is 0 Å². The van der Waals surface area contributed by atoms with E-state index in [2.05, 4.69) is 0 Å². The Kier molecular flexibility index (Phi) is 5.45. The minimum atomic E-state index is -0.348. The van der Waals surface area contributed by atoms with Crippen LogP contribution in [0, 0.1) is 19.7 Å². The molecule has 3 aromatic rings. The maximum absolute atomic E-state index is 13.6. The van der Waals surface area contributed by atoms with Crippen molar-refractivity contribution in [1.82, 2.24) is 0 Å². The van der Waals surface area contributed by atoms with Crippen molar-refractivity contribution >= 4 is 17.4 Å². The molecule has 1 aliphatic carbocycles. The predicted molar refractivity (Wildman–Crippen MR) is 128 cm³/mol. The van der Waals surface area contributed by atoms with E-state index in [1.54, 1.807) is 17.0 Å². The third-order valence-electron chi connectivity index (χ3n) is 7.09. The molecule has 0 aromatic heterocycles. The van der Waals surface area contributed by atoms with Gasteiger partial charge < -0.3 is 0 Å². The van der Waals surface area contributed by atoms with Crippen molar-refractivity contribution in [3.63, 3.8) is 0 Å². The van der Waals surface area contributed by atoms with Crippen LogP contribution < -0.4 is 4.90 Å². The van der Waals surface area contributed by atoms with Crippen LogP contribution >= 0.6 is 0 Å². The number of hydrogen-bond acceptors (Lipinski definition) is 2. The molecule has 166 valence electrons. The summed E-state index contributed by atoms with van der Waals surface area (Å²) in [4.78, 5) is 29.0. The van der Waals surface area contributed by atoms with E-state index >= 15 is 0 Å². The van der Waals surface area contributed by atoms with Crippen LogP contribution in [0.1, 0.15) is 53.4 Å². The van der Waals surface area contributed by atoms with Crippen molar-refractivity contribution in [3.8, 4) is 0 Å². The third kappa shape index (κ3) is 3.80. The molecule has 0 saturated heterocycles. The molecule has 0 saturated carbocycles. The second kappa shape index (κ2) is 8.43. The molecule has 1 aliphatic heterocycles. The minimum absolute atomic E-state index is 0.0184. The summed E-state index contributed by atoms with van der Waals surface area (Å²) in [5.74, 6) is -0.616. The van der Waals surface area contributed by atoms with Gasteiger partial charge in [-0.25, -0.2) is 4.39 Å². The Bertz CT molecular complexity index is 1260. The lowest BCUT2D eigenvalue weighted by atomic mass is 9.72. The van der Waals surface area contributed by atoms with E-state index in [1.807, 2.05) is 62.4 Å². The van der Waals surface area contributed by atoms with Crippen LogP contribution in [-0.2, 0) is 9.59 Å². The van der Waals surface area contributed by atoms with Crippen LogP contribution in [0.2, 0.25) is 0 Å². The van der Waals surface area contributed by atoms with Gasteiger partial charge in [0, 0.05) is 30.0 Å². The number of anilines is 1. The topological polar surface area (TPSA) is 37.4 Å². The third-order valence-corrected chi connectivity index (χ3v) is 7.09. The molecule has 0 bridgehead atoms. The van der Waals surface area contributed by atoms with Crippen LogP contribution in [0.5, 0.6) is 0 Å². The van der Waals surface area contributed by atoms with Gasteiger partial charge in [0.1, 0.15) is 5.82 Å². The highest BCUT2D eigenvalue weighted by molar-refractivity contribution is 6.08. The number of carbonyl (C=O) groups is 2. The number of hydrogen-bond donors (Lipinski definition) is 0. The van der Waals surface area contributed by atoms with Crippen LogP contribution in [0.15, 0.2) is 84.1 Å². The Morgan fingerprint density at radius 1 is 0.788 bits per heavy atom. The maximum Gasteiger partial charge on any atom is 0.232 e. The van der Waals surface area contributed by atoms with Crippen molar-refractivity contribution in [1.29, 1.82) is 0 Å². The van der Waals surface area contributed by atoms with Gasteiger partial charge in [-0.2, -0.15) is 0 Å². The zero-order valence-corrected chi connectivity index (χ0v) is 18.8. The summed E-state index contributed by atoms with van der Waals surface area (Å²) in [6.07, 6.45) is 1.22. The summed E-state index contributed by atoms with van der Waals surface area (Å²) < 4.78 is 13.6. The molecule has 1 amide bonds. The summed E-state index contributed by atoms with van der Waals surface area (Å²) in [7, 11) is 0. The summed E-state index contributed by atoms with van der Waals surface area (Å²) in [5.41, 5.74) is 6.39. The van der Waals surface area contributed by atoms with Gasteiger partial charge in [-0.15, -0.1) is 0 Å². The second-order valence-electron chi connectivity index (χ2n) is 9.06. The normalized spacial score (nSPS) is 20.8. The lowest BCUT2D eigenvalue weighted by Crippen LogP contribution is -2.42. The van der Waals surface area contributed by atoms with Crippen LogP contribution in [0.25, 0.3) is 0 Å². The molecule has 2 unspecified atom stereocenters. The number of halogens is 1. The number of aryl methyl sites for hydroxylation is 1. The fourth-order valence-electron chi connectivity index (χ4n) is 5.23. The average molecular weight is 440 g/mol. The first kappa shape index (κ1) is 21.3. The lowest BCUT2D eigenvalue weighted by molar-refractivity contribution is -0.120. The maximum atomic E-state index is 13.6. The highest BCUT2D eigenvalue weighted by Gasteiger charge is 2.42. The standard InChI is InChI=1S/C29H26FNO2/c1-18-7-6-10-25(19(18)2)31-26-15-22(20-8-4-3-5-9-20)16-27(32)29(26)24(17-28(31)33)21-11-13-23(30)14-12-21/h3-14,22,24H,15-17H2,1-2H3. The van der Waals surface area contributed by atoms with Crippen molar-refractivity contribution in [2.24, 2.45) is 0 Å². The molecule has 0 spiro atoms. The minimum Gasteiger partial charge on any atom is -0.294 e. The Balaban J connectivity index is 1.68. The quantitative estimate of drug-likeness (QED) is 0.476. The van der Waals surface area contributed by atoms with Gasteiger partial charge in [-0.3, -0.25) is 14.5 Å².